The molecule has 0 fully saturated rings. The van der Waals surface area contributed by atoms with Crippen LogP contribution in [0.25, 0.3) is 0 Å². The van der Waals surface area contributed by atoms with E-state index in [2.05, 4.69) is 5.32 Å². The molecule has 3 N–H and O–H groups in total. The highest BCUT2D eigenvalue weighted by atomic mass is 16.5. The molecular weight excluding hydrogens is 244 g/mol. The third-order valence-corrected chi connectivity index (χ3v) is 2.62. The standard InChI is InChI=1S/C14H22N2O3/c1-4-18-11-6-7-13(19-5-2)12(8-11)16-14(17)10(3)9-15/h6-8,10H,4-5,9,15H2,1-3H3,(H,16,17). The maximum atomic E-state index is 11.9. The lowest BCUT2D eigenvalue weighted by Crippen LogP contribution is -2.26. The van der Waals surface area contributed by atoms with Gasteiger partial charge < -0.3 is 20.5 Å². The van der Waals surface area contributed by atoms with E-state index in [0.717, 1.165) is 0 Å². The van der Waals surface area contributed by atoms with Gasteiger partial charge in [0, 0.05) is 18.5 Å². The molecule has 0 aromatic heterocycles. The van der Waals surface area contributed by atoms with Crippen LogP contribution in [0.1, 0.15) is 20.8 Å². The lowest BCUT2D eigenvalue weighted by atomic mass is 10.1. The molecule has 106 valence electrons. The van der Waals surface area contributed by atoms with E-state index in [-0.39, 0.29) is 11.8 Å². The highest BCUT2D eigenvalue weighted by molar-refractivity contribution is 5.94. The van der Waals surface area contributed by atoms with Gasteiger partial charge in [-0.1, -0.05) is 6.92 Å². The summed E-state index contributed by atoms with van der Waals surface area (Å²) in [6.45, 7) is 6.99. The second kappa shape index (κ2) is 7.63. The Morgan fingerprint density at radius 3 is 2.58 bits per heavy atom. The van der Waals surface area contributed by atoms with Crippen LogP contribution in [0.4, 0.5) is 5.69 Å². The first-order valence-corrected chi connectivity index (χ1v) is 6.52. The first-order chi connectivity index (χ1) is 9.12. The summed E-state index contributed by atoms with van der Waals surface area (Å²) in [6.07, 6.45) is 0. The molecule has 1 rings (SSSR count). The minimum atomic E-state index is -0.245. The van der Waals surface area contributed by atoms with E-state index in [1.54, 1.807) is 19.1 Å². The van der Waals surface area contributed by atoms with Crippen LogP contribution in [0.15, 0.2) is 18.2 Å². The smallest absolute Gasteiger partial charge is 0.228 e. The molecule has 19 heavy (non-hydrogen) atoms. The van der Waals surface area contributed by atoms with Gasteiger partial charge in [0.2, 0.25) is 5.91 Å². The molecule has 5 nitrogen and oxygen atoms in total. The number of amides is 1. The molecule has 0 aliphatic rings. The summed E-state index contributed by atoms with van der Waals surface area (Å²) < 4.78 is 10.9. The summed E-state index contributed by atoms with van der Waals surface area (Å²) in [5.74, 6) is 0.951. The van der Waals surface area contributed by atoms with Crippen LogP contribution in [0.2, 0.25) is 0 Å². The van der Waals surface area contributed by atoms with Gasteiger partial charge >= 0.3 is 0 Å². The van der Waals surface area contributed by atoms with Crippen molar-refractivity contribution in [1.29, 1.82) is 0 Å². The molecule has 0 saturated carbocycles. The quantitative estimate of drug-likeness (QED) is 0.792. The second-order valence-electron chi connectivity index (χ2n) is 4.15. The Hall–Kier alpha value is -1.75. The van der Waals surface area contributed by atoms with Crippen LogP contribution >= 0.6 is 0 Å². The number of ether oxygens (including phenoxy) is 2. The molecule has 1 amide bonds. The zero-order valence-corrected chi connectivity index (χ0v) is 11.7. The molecule has 1 atom stereocenters. The van der Waals surface area contributed by atoms with E-state index in [1.165, 1.54) is 0 Å². The predicted octanol–water partition coefficient (Wildman–Crippen LogP) is 2.02. The number of anilines is 1. The van der Waals surface area contributed by atoms with Crippen LogP contribution in [-0.2, 0) is 4.79 Å². The monoisotopic (exact) mass is 266 g/mol. The summed E-state index contributed by atoms with van der Waals surface area (Å²) in [4.78, 5) is 11.9. The first-order valence-electron chi connectivity index (χ1n) is 6.52. The summed E-state index contributed by atoms with van der Waals surface area (Å²) in [5, 5.41) is 2.82. The molecule has 0 aliphatic carbocycles. The molecular formula is C14H22N2O3. The fourth-order valence-electron chi connectivity index (χ4n) is 1.51. The SMILES string of the molecule is CCOc1ccc(OCC)c(NC(=O)C(C)CN)c1. The lowest BCUT2D eigenvalue weighted by Gasteiger charge is -2.15. The topological polar surface area (TPSA) is 73.6 Å². The number of hydrogen-bond donors (Lipinski definition) is 2. The maximum absolute atomic E-state index is 11.9. The van der Waals surface area contributed by atoms with E-state index < -0.39 is 0 Å². The molecule has 0 aliphatic heterocycles. The maximum Gasteiger partial charge on any atom is 0.228 e. The van der Waals surface area contributed by atoms with Crippen molar-refractivity contribution in [3.05, 3.63) is 18.2 Å². The van der Waals surface area contributed by atoms with Crippen LogP contribution < -0.4 is 20.5 Å². The van der Waals surface area contributed by atoms with Crippen LogP contribution in [0.3, 0.4) is 0 Å². The summed E-state index contributed by atoms with van der Waals surface area (Å²) >= 11 is 0. The van der Waals surface area contributed by atoms with Gasteiger partial charge in [-0.25, -0.2) is 0 Å². The van der Waals surface area contributed by atoms with Gasteiger partial charge in [-0.3, -0.25) is 4.79 Å². The largest absolute Gasteiger partial charge is 0.494 e. The summed E-state index contributed by atoms with van der Waals surface area (Å²) in [7, 11) is 0. The fraction of sp³-hybridized carbons (Fsp3) is 0.500. The number of carbonyl (C=O) groups is 1. The molecule has 1 aromatic rings. The Morgan fingerprint density at radius 2 is 2.00 bits per heavy atom. The fourth-order valence-corrected chi connectivity index (χ4v) is 1.51. The average molecular weight is 266 g/mol. The number of nitrogens with one attached hydrogen (secondary N) is 1. The minimum Gasteiger partial charge on any atom is -0.494 e. The van der Waals surface area contributed by atoms with E-state index in [0.29, 0.717) is 36.9 Å². The number of nitrogens with two attached hydrogens (primary N) is 1. The second-order valence-corrected chi connectivity index (χ2v) is 4.15. The third kappa shape index (κ3) is 4.44. The van der Waals surface area contributed by atoms with Crippen molar-refractivity contribution in [1.82, 2.24) is 0 Å². The zero-order valence-electron chi connectivity index (χ0n) is 11.7. The molecule has 0 bridgehead atoms. The van der Waals surface area contributed by atoms with Gasteiger partial charge in [-0.05, 0) is 26.0 Å². The first kappa shape index (κ1) is 15.3. The van der Waals surface area contributed by atoms with Crippen LogP contribution in [0, 0.1) is 5.92 Å². The zero-order chi connectivity index (χ0) is 14.3. The van der Waals surface area contributed by atoms with E-state index in [1.807, 2.05) is 19.9 Å². The van der Waals surface area contributed by atoms with Gasteiger partial charge in [0.05, 0.1) is 18.9 Å². The summed E-state index contributed by atoms with van der Waals surface area (Å²) in [5.41, 5.74) is 6.09. The van der Waals surface area contributed by atoms with Crippen molar-refractivity contribution in [3.8, 4) is 11.5 Å². The molecule has 5 heteroatoms. The van der Waals surface area contributed by atoms with Crippen LogP contribution in [-0.4, -0.2) is 25.7 Å². The van der Waals surface area contributed by atoms with Gasteiger partial charge in [-0.15, -0.1) is 0 Å². The van der Waals surface area contributed by atoms with Gasteiger partial charge in [0.25, 0.3) is 0 Å². The number of rotatable bonds is 7. The Labute approximate surface area is 114 Å². The third-order valence-electron chi connectivity index (χ3n) is 2.62. The van der Waals surface area contributed by atoms with Crippen molar-refractivity contribution in [3.63, 3.8) is 0 Å². The number of benzene rings is 1. The average Bonchev–Trinajstić information content (AvgIpc) is 2.41. The van der Waals surface area contributed by atoms with Crippen LogP contribution in [0.5, 0.6) is 11.5 Å². The van der Waals surface area contributed by atoms with E-state index >= 15 is 0 Å². The minimum absolute atomic E-state index is 0.128. The Balaban J connectivity index is 2.93. The Kier molecular flexibility index (Phi) is 6.15. The normalized spacial score (nSPS) is 11.8. The van der Waals surface area contributed by atoms with Crippen molar-refractivity contribution < 1.29 is 14.3 Å². The van der Waals surface area contributed by atoms with Crippen molar-refractivity contribution in [2.75, 3.05) is 25.1 Å². The lowest BCUT2D eigenvalue weighted by molar-refractivity contribution is -0.119. The Morgan fingerprint density at radius 1 is 1.32 bits per heavy atom. The summed E-state index contributed by atoms with van der Waals surface area (Å²) in [6, 6.07) is 5.36. The molecule has 0 saturated heterocycles. The molecule has 0 spiro atoms. The van der Waals surface area contributed by atoms with E-state index in [9.17, 15) is 4.79 Å². The van der Waals surface area contributed by atoms with Gasteiger partial charge in [0.1, 0.15) is 11.5 Å². The predicted molar refractivity (Wildman–Crippen MR) is 75.6 cm³/mol. The molecule has 0 heterocycles. The molecule has 0 radical (unpaired) electrons. The van der Waals surface area contributed by atoms with Crippen molar-refractivity contribution >= 4 is 11.6 Å². The van der Waals surface area contributed by atoms with E-state index in [4.69, 9.17) is 15.2 Å². The number of carbonyl (C=O) groups excluding carboxylic acids is 1. The van der Waals surface area contributed by atoms with Crippen molar-refractivity contribution in [2.45, 2.75) is 20.8 Å². The molecule has 1 aromatic carbocycles. The van der Waals surface area contributed by atoms with Gasteiger partial charge in [0.15, 0.2) is 0 Å². The highest BCUT2D eigenvalue weighted by Crippen LogP contribution is 2.29. The molecule has 1 unspecified atom stereocenters. The number of hydrogen-bond acceptors (Lipinski definition) is 4. The highest BCUT2D eigenvalue weighted by Gasteiger charge is 2.14. The van der Waals surface area contributed by atoms with Gasteiger partial charge in [-0.2, -0.15) is 0 Å². The Bertz CT molecular complexity index is 421. The van der Waals surface area contributed by atoms with Crippen molar-refractivity contribution in [2.24, 2.45) is 11.7 Å².